The maximum Gasteiger partial charge on any atom is 0.416 e. The molecule has 2 aromatic rings. The Bertz CT molecular complexity index is 1030. The normalized spacial score (nSPS) is 18.4. The van der Waals surface area contributed by atoms with E-state index in [9.17, 15) is 18.0 Å². The van der Waals surface area contributed by atoms with Crippen molar-refractivity contribution in [2.45, 2.75) is 38.6 Å². The predicted molar refractivity (Wildman–Crippen MR) is 113 cm³/mol. The van der Waals surface area contributed by atoms with Crippen LogP contribution in [-0.2, 0) is 0 Å². The number of halogens is 3. The molecule has 1 aromatic heterocycles. The summed E-state index contributed by atoms with van der Waals surface area (Å²) in [4.78, 5) is 12.8. The van der Waals surface area contributed by atoms with Crippen LogP contribution in [0.15, 0.2) is 59.1 Å². The van der Waals surface area contributed by atoms with Crippen LogP contribution in [0.5, 0.6) is 5.75 Å². The van der Waals surface area contributed by atoms with Gasteiger partial charge in [-0.15, -0.1) is 0 Å². The molecular formula is C23H25F3N2O3. The van der Waals surface area contributed by atoms with Crippen molar-refractivity contribution in [3.63, 3.8) is 0 Å². The van der Waals surface area contributed by atoms with Crippen molar-refractivity contribution in [1.82, 2.24) is 10.6 Å². The van der Waals surface area contributed by atoms with Crippen LogP contribution >= 0.6 is 0 Å². The maximum atomic E-state index is 13.3. The standard InChI is InChI=1S/C23H25F3N2O3/c1-5-17(19(6-2)23(24,25)26)13(3)30-16-7-8-20-18(11-16)21(14(4)31-20)22(29)28-15-9-10-27-12-15/h5-8,11,13,15,27H,1-2,9-10,12H2,3-4H3,(H,28,29)/b19-17-/t13?,15-/m0/s1. The van der Waals surface area contributed by atoms with E-state index in [4.69, 9.17) is 9.15 Å². The monoisotopic (exact) mass is 434 g/mol. The smallest absolute Gasteiger partial charge is 0.416 e. The van der Waals surface area contributed by atoms with E-state index in [1.54, 1.807) is 25.1 Å². The molecule has 0 saturated carbocycles. The zero-order valence-electron chi connectivity index (χ0n) is 17.4. The summed E-state index contributed by atoms with van der Waals surface area (Å²) in [5, 5.41) is 6.71. The molecule has 31 heavy (non-hydrogen) atoms. The Morgan fingerprint density at radius 3 is 2.68 bits per heavy atom. The summed E-state index contributed by atoms with van der Waals surface area (Å²) in [6.07, 6.45) is -2.81. The third kappa shape index (κ3) is 4.85. The Morgan fingerprint density at radius 1 is 1.35 bits per heavy atom. The predicted octanol–water partition coefficient (Wildman–Crippen LogP) is 4.83. The lowest BCUT2D eigenvalue weighted by Gasteiger charge is -2.20. The molecule has 0 aliphatic carbocycles. The molecule has 166 valence electrons. The Balaban J connectivity index is 1.91. The Kier molecular flexibility index (Phi) is 6.59. The van der Waals surface area contributed by atoms with Crippen LogP contribution in [0.3, 0.4) is 0 Å². The van der Waals surface area contributed by atoms with E-state index in [0.717, 1.165) is 25.1 Å². The number of hydrogen-bond acceptors (Lipinski definition) is 4. The number of furan rings is 1. The molecule has 0 spiro atoms. The molecule has 1 amide bonds. The number of carbonyl (C=O) groups excluding carboxylic acids is 1. The molecule has 2 N–H and O–H groups in total. The van der Waals surface area contributed by atoms with Gasteiger partial charge in [-0.1, -0.05) is 25.3 Å². The van der Waals surface area contributed by atoms with Crippen molar-refractivity contribution in [3.8, 4) is 5.75 Å². The fourth-order valence-corrected chi connectivity index (χ4v) is 3.75. The van der Waals surface area contributed by atoms with E-state index < -0.39 is 17.9 Å². The maximum absolute atomic E-state index is 13.3. The second kappa shape index (κ2) is 9.01. The number of amides is 1. The highest BCUT2D eigenvalue weighted by molar-refractivity contribution is 6.07. The third-order valence-electron chi connectivity index (χ3n) is 5.25. The minimum absolute atomic E-state index is 0.0382. The number of ether oxygens (including phenoxy) is 1. The highest BCUT2D eigenvalue weighted by Gasteiger charge is 2.35. The van der Waals surface area contributed by atoms with Gasteiger partial charge in [-0.05, 0) is 45.0 Å². The highest BCUT2D eigenvalue weighted by Crippen LogP contribution is 2.33. The van der Waals surface area contributed by atoms with E-state index in [1.165, 1.54) is 6.92 Å². The van der Waals surface area contributed by atoms with Crippen molar-refractivity contribution in [2.24, 2.45) is 0 Å². The van der Waals surface area contributed by atoms with Crippen LogP contribution in [-0.4, -0.2) is 37.3 Å². The second-order valence-corrected chi connectivity index (χ2v) is 7.39. The highest BCUT2D eigenvalue weighted by atomic mass is 19.4. The van der Waals surface area contributed by atoms with Gasteiger partial charge in [-0.2, -0.15) is 13.2 Å². The van der Waals surface area contributed by atoms with Crippen LogP contribution in [0.25, 0.3) is 11.0 Å². The SMILES string of the molecule is C=C/C(=C(\C=C)C(F)(F)F)C(C)Oc1ccc2oc(C)c(C(=O)N[C@H]3CCNC3)c2c1. The first-order valence-electron chi connectivity index (χ1n) is 9.93. The van der Waals surface area contributed by atoms with Crippen LogP contribution in [0.2, 0.25) is 0 Å². The molecule has 5 nitrogen and oxygen atoms in total. The van der Waals surface area contributed by atoms with Gasteiger partial charge in [0.05, 0.1) is 11.1 Å². The summed E-state index contributed by atoms with van der Waals surface area (Å²) in [5.41, 5.74) is -0.145. The molecule has 1 aliphatic rings. The summed E-state index contributed by atoms with van der Waals surface area (Å²) in [7, 11) is 0. The number of benzene rings is 1. The average molecular weight is 434 g/mol. The van der Waals surface area contributed by atoms with E-state index >= 15 is 0 Å². The molecule has 0 radical (unpaired) electrons. The average Bonchev–Trinajstić information content (AvgIpc) is 3.31. The van der Waals surface area contributed by atoms with E-state index in [0.29, 0.717) is 34.6 Å². The first-order valence-corrected chi connectivity index (χ1v) is 9.93. The summed E-state index contributed by atoms with van der Waals surface area (Å²) < 4.78 is 51.3. The van der Waals surface area contributed by atoms with Crippen molar-refractivity contribution >= 4 is 16.9 Å². The fourth-order valence-electron chi connectivity index (χ4n) is 3.75. The van der Waals surface area contributed by atoms with E-state index in [2.05, 4.69) is 23.8 Å². The van der Waals surface area contributed by atoms with Gasteiger partial charge >= 0.3 is 6.18 Å². The number of nitrogens with one attached hydrogen (secondary N) is 2. The minimum Gasteiger partial charge on any atom is -0.486 e. The molecule has 1 unspecified atom stereocenters. The molecule has 3 rings (SSSR count). The summed E-state index contributed by atoms with van der Waals surface area (Å²) in [6.45, 7) is 11.5. The van der Waals surface area contributed by atoms with Gasteiger partial charge in [0, 0.05) is 23.5 Å². The number of allylic oxidation sites excluding steroid dienone is 2. The second-order valence-electron chi connectivity index (χ2n) is 7.39. The molecule has 8 heteroatoms. The first-order chi connectivity index (χ1) is 14.7. The molecule has 2 atom stereocenters. The summed E-state index contributed by atoms with van der Waals surface area (Å²) in [6, 6.07) is 4.86. The van der Waals surface area contributed by atoms with Gasteiger partial charge in [-0.25, -0.2) is 0 Å². The number of rotatable bonds is 7. The largest absolute Gasteiger partial charge is 0.486 e. The number of fused-ring (bicyclic) bond motifs is 1. The Labute approximate surface area is 178 Å². The lowest BCUT2D eigenvalue weighted by molar-refractivity contribution is -0.0894. The number of alkyl halides is 3. The van der Waals surface area contributed by atoms with Crippen molar-refractivity contribution in [1.29, 1.82) is 0 Å². The van der Waals surface area contributed by atoms with Gasteiger partial charge in [0.15, 0.2) is 0 Å². The van der Waals surface area contributed by atoms with Crippen LogP contribution in [0, 0.1) is 6.92 Å². The minimum atomic E-state index is -4.57. The lowest BCUT2D eigenvalue weighted by Crippen LogP contribution is -2.36. The lowest BCUT2D eigenvalue weighted by atomic mass is 10.0. The van der Waals surface area contributed by atoms with Crippen LogP contribution in [0.4, 0.5) is 13.2 Å². The topological polar surface area (TPSA) is 63.5 Å². The molecule has 1 aromatic carbocycles. The van der Waals surface area contributed by atoms with Gasteiger partial charge in [0.1, 0.15) is 23.2 Å². The summed E-state index contributed by atoms with van der Waals surface area (Å²) in [5.74, 6) is 0.511. The molecule has 1 saturated heterocycles. The number of hydrogen-bond donors (Lipinski definition) is 2. The Hall–Kier alpha value is -3.00. The molecule has 1 aliphatic heterocycles. The molecule has 1 fully saturated rings. The summed E-state index contributed by atoms with van der Waals surface area (Å²) >= 11 is 0. The van der Waals surface area contributed by atoms with Gasteiger partial charge in [0.2, 0.25) is 0 Å². The van der Waals surface area contributed by atoms with E-state index in [1.807, 2.05) is 0 Å². The number of carbonyl (C=O) groups is 1. The van der Waals surface area contributed by atoms with E-state index in [-0.39, 0.29) is 17.5 Å². The molecule has 2 heterocycles. The quantitative estimate of drug-likeness (QED) is 0.613. The van der Waals surface area contributed by atoms with Gasteiger partial charge in [0.25, 0.3) is 5.91 Å². The number of aryl methyl sites for hydroxylation is 1. The van der Waals surface area contributed by atoms with Crippen molar-refractivity contribution < 1.29 is 27.1 Å². The third-order valence-corrected chi connectivity index (χ3v) is 5.25. The van der Waals surface area contributed by atoms with Crippen molar-refractivity contribution in [2.75, 3.05) is 13.1 Å². The fraction of sp³-hybridized carbons (Fsp3) is 0.348. The molecule has 0 bridgehead atoms. The van der Waals surface area contributed by atoms with Gasteiger partial charge in [-0.3, -0.25) is 4.79 Å². The first kappa shape index (κ1) is 22.7. The van der Waals surface area contributed by atoms with Gasteiger partial charge < -0.3 is 19.8 Å². The van der Waals surface area contributed by atoms with Crippen LogP contribution < -0.4 is 15.4 Å². The Morgan fingerprint density at radius 2 is 2.10 bits per heavy atom. The molecular weight excluding hydrogens is 409 g/mol. The zero-order chi connectivity index (χ0) is 22.8. The zero-order valence-corrected chi connectivity index (χ0v) is 17.4. The van der Waals surface area contributed by atoms with Crippen molar-refractivity contribution in [3.05, 3.63) is 66.0 Å². The van der Waals surface area contributed by atoms with Crippen LogP contribution in [0.1, 0.15) is 29.5 Å².